The third kappa shape index (κ3) is 1.95. The van der Waals surface area contributed by atoms with Crippen LogP contribution in [0.3, 0.4) is 0 Å². The minimum atomic E-state index is 0.801. The molecule has 15 heavy (non-hydrogen) atoms. The Morgan fingerprint density at radius 2 is 1.93 bits per heavy atom. The first kappa shape index (κ1) is 9.79. The monoisotopic (exact) mass is 222 g/mol. The zero-order chi connectivity index (χ0) is 10.1. The van der Waals surface area contributed by atoms with Gasteiger partial charge in [0.1, 0.15) is 0 Å². The van der Waals surface area contributed by atoms with Gasteiger partial charge in [-0.05, 0) is 19.3 Å². The van der Waals surface area contributed by atoms with E-state index in [4.69, 9.17) is 4.98 Å². The van der Waals surface area contributed by atoms with E-state index in [-0.39, 0.29) is 0 Å². The van der Waals surface area contributed by atoms with Crippen LogP contribution in [0.15, 0.2) is 0 Å². The Kier molecular flexibility index (Phi) is 2.76. The average molecular weight is 222 g/mol. The second-order valence-corrected chi connectivity index (χ2v) is 5.77. The van der Waals surface area contributed by atoms with E-state index in [0.29, 0.717) is 0 Å². The molecule has 2 nitrogen and oxygen atoms in total. The maximum atomic E-state index is 4.87. The minimum absolute atomic E-state index is 0.801. The van der Waals surface area contributed by atoms with Crippen LogP contribution in [0.4, 0.5) is 0 Å². The van der Waals surface area contributed by atoms with Crippen molar-refractivity contribution >= 4 is 11.3 Å². The molecule has 0 radical (unpaired) electrons. The van der Waals surface area contributed by atoms with Gasteiger partial charge in [-0.2, -0.15) is 0 Å². The average Bonchev–Trinajstić information content (AvgIpc) is 2.84. The van der Waals surface area contributed by atoms with Crippen molar-refractivity contribution in [2.45, 2.75) is 44.4 Å². The predicted molar refractivity (Wildman–Crippen MR) is 63.6 cm³/mol. The lowest BCUT2D eigenvalue weighted by Crippen LogP contribution is -2.16. The number of fused-ring (bicyclic) bond motifs is 1. The van der Waals surface area contributed by atoms with Gasteiger partial charge in [0.15, 0.2) is 0 Å². The van der Waals surface area contributed by atoms with E-state index in [1.165, 1.54) is 42.8 Å². The van der Waals surface area contributed by atoms with Gasteiger partial charge in [-0.1, -0.05) is 12.8 Å². The lowest BCUT2D eigenvalue weighted by atomic mass is 10.1. The Morgan fingerprint density at radius 3 is 2.80 bits per heavy atom. The first-order valence-corrected chi connectivity index (χ1v) is 6.94. The van der Waals surface area contributed by atoms with Crippen molar-refractivity contribution in [2.24, 2.45) is 0 Å². The number of aromatic nitrogens is 1. The van der Waals surface area contributed by atoms with Gasteiger partial charge in [-0.25, -0.2) is 4.98 Å². The second kappa shape index (κ2) is 4.22. The minimum Gasteiger partial charge on any atom is -0.316 e. The number of hydrogen-bond acceptors (Lipinski definition) is 3. The third-order valence-electron chi connectivity index (χ3n) is 3.57. The molecule has 0 aromatic carbocycles. The highest BCUT2D eigenvalue weighted by Crippen LogP contribution is 2.37. The molecule has 3 heteroatoms. The molecule has 2 aliphatic rings. The van der Waals surface area contributed by atoms with Crippen molar-refractivity contribution in [3.63, 3.8) is 0 Å². The van der Waals surface area contributed by atoms with Crippen LogP contribution in [0.2, 0.25) is 0 Å². The molecule has 0 saturated heterocycles. The summed E-state index contributed by atoms with van der Waals surface area (Å²) in [6.07, 6.45) is 7.92. The van der Waals surface area contributed by atoms with E-state index in [1.54, 1.807) is 4.88 Å². The predicted octanol–water partition coefficient (Wildman–Crippen LogP) is 2.49. The normalized spacial score (nSPS) is 22.7. The smallest absolute Gasteiger partial charge is 0.0962 e. The molecular weight excluding hydrogens is 204 g/mol. The van der Waals surface area contributed by atoms with E-state index >= 15 is 0 Å². The Hall–Kier alpha value is -0.410. The van der Waals surface area contributed by atoms with Crippen LogP contribution >= 0.6 is 11.3 Å². The van der Waals surface area contributed by atoms with Gasteiger partial charge in [-0.15, -0.1) is 11.3 Å². The fourth-order valence-electron chi connectivity index (χ4n) is 2.68. The van der Waals surface area contributed by atoms with Gasteiger partial charge in [0.25, 0.3) is 0 Å². The number of nitrogens with zero attached hydrogens (tertiary/aromatic N) is 1. The summed E-state index contributed by atoms with van der Waals surface area (Å²) < 4.78 is 0. The molecule has 1 N–H and O–H groups in total. The molecule has 82 valence electrons. The lowest BCUT2D eigenvalue weighted by molar-refractivity contribution is 0.694. The van der Waals surface area contributed by atoms with E-state index in [1.807, 2.05) is 11.3 Å². The van der Waals surface area contributed by atoms with Crippen LogP contribution < -0.4 is 5.32 Å². The molecule has 0 bridgehead atoms. The first-order valence-electron chi connectivity index (χ1n) is 6.12. The summed E-state index contributed by atoms with van der Waals surface area (Å²) in [5, 5.41) is 4.88. The summed E-state index contributed by atoms with van der Waals surface area (Å²) in [6.45, 7) is 2.25. The molecule has 1 saturated carbocycles. The summed E-state index contributed by atoms with van der Waals surface area (Å²) in [5.74, 6) is 0.801. The van der Waals surface area contributed by atoms with Crippen LogP contribution in [0.25, 0.3) is 0 Å². The number of rotatable bonds is 1. The van der Waals surface area contributed by atoms with Crippen LogP contribution in [0.5, 0.6) is 0 Å². The highest BCUT2D eigenvalue weighted by Gasteiger charge is 2.22. The summed E-state index contributed by atoms with van der Waals surface area (Å²) in [6, 6.07) is 0. The molecule has 2 heterocycles. The number of hydrogen-bond donors (Lipinski definition) is 1. The highest BCUT2D eigenvalue weighted by molar-refractivity contribution is 7.11. The topological polar surface area (TPSA) is 24.9 Å². The molecule has 1 aromatic rings. The zero-order valence-electron chi connectivity index (χ0n) is 9.09. The summed E-state index contributed by atoms with van der Waals surface area (Å²) >= 11 is 1.99. The summed E-state index contributed by atoms with van der Waals surface area (Å²) in [5.41, 5.74) is 1.40. The fourth-order valence-corrected chi connectivity index (χ4v) is 3.96. The van der Waals surface area contributed by atoms with Gasteiger partial charge in [0.05, 0.1) is 10.7 Å². The van der Waals surface area contributed by atoms with Crippen LogP contribution in [-0.4, -0.2) is 18.1 Å². The van der Waals surface area contributed by atoms with Gasteiger partial charge in [0, 0.05) is 30.3 Å². The second-order valence-electron chi connectivity index (χ2n) is 4.65. The maximum Gasteiger partial charge on any atom is 0.0962 e. The summed E-state index contributed by atoms with van der Waals surface area (Å²) in [7, 11) is 0. The van der Waals surface area contributed by atoms with E-state index < -0.39 is 0 Å². The molecular formula is C12H18N2S. The third-order valence-corrected chi connectivity index (χ3v) is 4.89. The van der Waals surface area contributed by atoms with Crippen LogP contribution in [0, 0.1) is 0 Å². The Labute approximate surface area is 95.1 Å². The molecule has 1 aliphatic heterocycles. The molecule has 1 aromatic heterocycles. The molecule has 0 atom stereocenters. The summed E-state index contributed by atoms with van der Waals surface area (Å²) in [4.78, 5) is 6.43. The Bertz CT molecular complexity index is 316. The maximum absolute atomic E-state index is 4.87. The van der Waals surface area contributed by atoms with E-state index in [2.05, 4.69) is 5.32 Å². The van der Waals surface area contributed by atoms with Gasteiger partial charge < -0.3 is 5.32 Å². The molecule has 0 amide bonds. The first-order chi connectivity index (χ1) is 7.43. The van der Waals surface area contributed by atoms with Crippen molar-refractivity contribution < 1.29 is 0 Å². The Balaban J connectivity index is 1.84. The van der Waals surface area contributed by atoms with Gasteiger partial charge in [0.2, 0.25) is 0 Å². The largest absolute Gasteiger partial charge is 0.316 e. The quantitative estimate of drug-likeness (QED) is 0.789. The molecule has 0 spiro atoms. The highest BCUT2D eigenvalue weighted by atomic mass is 32.1. The van der Waals surface area contributed by atoms with Crippen molar-refractivity contribution in [2.75, 3.05) is 13.1 Å². The van der Waals surface area contributed by atoms with E-state index in [9.17, 15) is 0 Å². The molecule has 0 unspecified atom stereocenters. The van der Waals surface area contributed by atoms with Crippen LogP contribution in [0.1, 0.15) is 47.2 Å². The SMILES string of the molecule is C1CCC(c2nc3c(s2)CCNCC3)C1. The standard InChI is InChI=1S/C12H18N2S/c1-2-4-9(3-1)12-14-10-5-7-13-8-6-11(10)15-12/h9,13H,1-8H2. The molecule has 1 aliphatic carbocycles. The fraction of sp³-hybridized carbons (Fsp3) is 0.750. The van der Waals surface area contributed by atoms with Crippen molar-refractivity contribution in [1.29, 1.82) is 0 Å². The Morgan fingerprint density at radius 1 is 1.13 bits per heavy atom. The van der Waals surface area contributed by atoms with Crippen LogP contribution in [-0.2, 0) is 12.8 Å². The molecule has 3 rings (SSSR count). The number of thiazole rings is 1. The number of nitrogens with one attached hydrogen (secondary N) is 1. The lowest BCUT2D eigenvalue weighted by Gasteiger charge is -2.03. The van der Waals surface area contributed by atoms with Crippen molar-refractivity contribution in [3.05, 3.63) is 15.6 Å². The van der Waals surface area contributed by atoms with E-state index in [0.717, 1.165) is 25.4 Å². The van der Waals surface area contributed by atoms with Gasteiger partial charge in [-0.3, -0.25) is 0 Å². The van der Waals surface area contributed by atoms with Crippen molar-refractivity contribution in [1.82, 2.24) is 10.3 Å². The zero-order valence-corrected chi connectivity index (χ0v) is 9.91. The van der Waals surface area contributed by atoms with Gasteiger partial charge >= 0.3 is 0 Å². The van der Waals surface area contributed by atoms with Crippen molar-refractivity contribution in [3.8, 4) is 0 Å². The molecule has 1 fully saturated rings.